The van der Waals surface area contributed by atoms with Crippen molar-refractivity contribution in [3.63, 3.8) is 0 Å². The monoisotopic (exact) mass is 273 g/mol. The van der Waals surface area contributed by atoms with E-state index in [2.05, 4.69) is 0 Å². The first-order chi connectivity index (χ1) is 9.10. The Morgan fingerprint density at radius 3 is 2.11 bits per heavy atom. The third kappa shape index (κ3) is 7.15. The molecule has 0 rings (SSSR count). The lowest BCUT2D eigenvalue weighted by Crippen LogP contribution is -2.45. The van der Waals surface area contributed by atoms with E-state index in [1.165, 1.54) is 0 Å². The summed E-state index contributed by atoms with van der Waals surface area (Å²) in [6.45, 7) is 9.14. The summed E-state index contributed by atoms with van der Waals surface area (Å²) in [6, 6.07) is -0.352. The third-order valence-corrected chi connectivity index (χ3v) is 2.71. The average Bonchev–Trinajstić information content (AvgIpc) is 2.36. The molecule has 0 fully saturated rings. The molecular formula is C14H27NO4. The summed E-state index contributed by atoms with van der Waals surface area (Å²) < 4.78 is 10.0. The molecule has 0 heterocycles. The lowest BCUT2D eigenvalue weighted by molar-refractivity contribution is -0.153. The van der Waals surface area contributed by atoms with E-state index in [0.29, 0.717) is 26.2 Å². The molecule has 1 atom stereocenters. The summed E-state index contributed by atoms with van der Waals surface area (Å²) in [5.41, 5.74) is 0. The van der Waals surface area contributed by atoms with Crippen LogP contribution in [-0.2, 0) is 19.1 Å². The zero-order valence-electron chi connectivity index (χ0n) is 12.6. The Labute approximate surface area is 116 Å². The molecule has 0 aliphatic heterocycles. The lowest BCUT2D eigenvalue weighted by Gasteiger charge is -2.28. The molecule has 0 radical (unpaired) electrons. The maximum absolute atomic E-state index is 12.0. The molecule has 5 heteroatoms. The Morgan fingerprint density at radius 1 is 1.00 bits per heavy atom. The number of nitrogens with zero attached hydrogens (tertiary/aromatic N) is 1. The predicted octanol–water partition coefficient (Wildman–Crippen LogP) is 1.99. The van der Waals surface area contributed by atoms with Crippen LogP contribution in [0.1, 0.15) is 47.0 Å². The number of esters is 2. The largest absolute Gasteiger partial charge is 0.465 e. The van der Waals surface area contributed by atoms with Gasteiger partial charge in [-0.05, 0) is 33.2 Å². The SMILES string of the molecule is CCCC(C(=O)OCC)N(CCC)CC(=O)OCC. The normalized spacial score (nSPS) is 12.3. The van der Waals surface area contributed by atoms with Crippen molar-refractivity contribution in [1.82, 2.24) is 4.90 Å². The summed E-state index contributed by atoms with van der Waals surface area (Å²) in [7, 11) is 0. The molecule has 0 aromatic rings. The molecule has 0 saturated heterocycles. The first kappa shape index (κ1) is 17.9. The molecule has 0 aliphatic rings. The minimum atomic E-state index is -0.352. The Hall–Kier alpha value is -1.10. The summed E-state index contributed by atoms with van der Waals surface area (Å²) in [5, 5.41) is 0. The van der Waals surface area contributed by atoms with Gasteiger partial charge < -0.3 is 9.47 Å². The van der Waals surface area contributed by atoms with Crippen molar-refractivity contribution < 1.29 is 19.1 Å². The van der Waals surface area contributed by atoms with Gasteiger partial charge in [-0.1, -0.05) is 20.3 Å². The maximum Gasteiger partial charge on any atom is 0.323 e. The number of carbonyl (C=O) groups is 2. The second-order valence-corrected chi connectivity index (χ2v) is 4.33. The highest BCUT2D eigenvalue weighted by Crippen LogP contribution is 2.10. The minimum absolute atomic E-state index is 0.144. The highest BCUT2D eigenvalue weighted by atomic mass is 16.5. The molecule has 0 aromatic heterocycles. The van der Waals surface area contributed by atoms with E-state index in [1.54, 1.807) is 13.8 Å². The smallest absolute Gasteiger partial charge is 0.323 e. The van der Waals surface area contributed by atoms with Crippen molar-refractivity contribution in [3.05, 3.63) is 0 Å². The zero-order chi connectivity index (χ0) is 14.7. The highest BCUT2D eigenvalue weighted by Gasteiger charge is 2.27. The van der Waals surface area contributed by atoms with Crippen molar-refractivity contribution in [2.24, 2.45) is 0 Å². The number of carbonyl (C=O) groups excluding carboxylic acids is 2. The molecule has 0 saturated carbocycles. The molecule has 0 bridgehead atoms. The van der Waals surface area contributed by atoms with Gasteiger partial charge >= 0.3 is 11.9 Å². The highest BCUT2D eigenvalue weighted by molar-refractivity contribution is 5.77. The fourth-order valence-electron chi connectivity index (χ4n) is 1.97. The lowest BCUT2D eigenvalue weighted by atomic mass is 10.1. The van der Waals surface area contributed by atoms with Crippen molar-refractivity contribution in [2.45, 2.75) is 53.0 Å². The molecular weight excluding hydrogens is 246 g/mol. The van der Waals surface area contributed by atoms with Crippen molar-refractivity contribution in [3.8, 4) is 0 Å². The summed E-state index contributed by atoms with van der Waals surface area (Å²) in [5.74, 6) is -0.538. The van der Waals surface area contributed by atoms with Gasteiger partial charge in [0.05, 0.1) is 19.8 Å². The first-order valence-electron chi connectivity index (χ1n) is 7.16. The fourth-order valence-corrected chi connectivity index (χ4v) is 1.97. The van der Waals surface area contributed by atoms with Gasteiger partial charge in [-0.3, -0.25) is 14.5 Å². The van der Waals surface area contributed by atoms with Gasteiger partial charge in [-0.2, -0.15) is 0 Å². The molecule has 1 unspecified atom stereocenters. The van der Waals surface area contributed by atoms with E-state index < -0.39 is 0 Å². The number of rotatable bonds is 10. The Morgan fingerprint density at radius 2 is 1.63 bits per heavy atom. The van der Waals surface area contributed by atoms with Crippen LogP contribution in [0.15, 0.2) is 0 Å². The van der Waals surface area contributed by atoms with Gasteiger partial charge in [-0.15, -0.1) is 0 Å². The van der Waals surface area contributed by atoms with Crippen LogP contribution in [0.5, 0.6) is 0 Å². The van der Waals surface area contributed by atoms with Crippen LogP contribution < -0.4 is 0 Å². The second kappa shape index (κ2) is 10.8. The van der Waals surface area contributed by atoms with E-state index in [4.69, 9.17) is 9.47 Å². The van der Waals surface area contributed by atoms with Crippen LogP contribution in [0.25, 0.3) is 0 Å². The van der Waals surface area contributed by atoms with Crippen LogP contribution in [-0.4, -0.2) is 49.2 Å². The molecule has 0 spiro atoms. The number of hydrogen-bond acceptors (Lipinski definition) is 5. The van der Waals surface area contributed by atoms with E-state index in [-0.39, 0.29) is 24.5 Å². The van der Waals surface area contributed by atoms with Crippen LogP contribution in [0.3, 0.4) is 0 Å². The van der Waals surface area contributed by atoms with Crippen molar-refractivity contribution >= 4 is 11.9 Å². The second-order valence-electron chi connectivity index (χ2n) is 4.33. The summed E-state index contributed by atoms with van der Waals surface area (Å²) >= 11 is 0. The maximum atomic E-state index is 12.0. The molecule has 0 N–H and O–H groups in total. The third-order valence-electron chi connectivity index (χ3n) is 2.71. The summed E-state index contributed by atoms with van der Waals surface area (Å²) in [4.78, 5) is 25.4. The van der Waals surface area contributed by atoms with Gasteiger partial charge in [0.25, 0.3) is 0 Å². The topological polar surface area (TPSA) is 55.8 Å². The zero-order valence-corrected chi connectivity index (χ0v) is 12.6. The quantitative estimate of drug-likeness (QED) is 0.570. The van der Waals surface area contributed by atoms with Gasteiger partial charge in [0.2, 0.25) is 0 Å². The van der Waals surface area contributed by atoms with Crippen molar-refractivity contribution in [2.75, 3.05) is 26.3 Å². The van der Waals surface area contributed by atoms with Crippen LogP contribution in [0.2, 0.25) is 0 Å². The van der Waals surface area contributed by atoms with E-state index in [9.17, 15) is 9.59 Å². The summed E-state index contributed by atoms with van der Waals surface area (Å²) in [6.07, 6.45) is 2.43. The van der Waals surface area contributed by atoms with Gasteiger partial charge in [0, 0.05) is 0 Å². The average molecular weight is 273 g/mol. The molecule has 19 heavy (non-hydrogen) atoms. The minimum Gasteiger partial charge on any atom is -0.465 e. The van der Waals surface area contributed by atoms with Crippen molar-refractivity contribution in [1.29, 1.82) is 0 Å². The predicted molar refractivity (Wildman–Crippen MR) is 73.8 cm³/mol. The van der Waals surface area contributed by atoms with Crippen LogP contribution in [0, 0.1) is 0 Å². The molecule has 0 aliphatic carbocycles. The number of ether oxygens (including phenoxy) is 2. The van der Waals surface area contributed by atoms with E-state index >= 15 is 0 Å². The Balaban J connectivity index is 4.73. The van der Waals surface area contributed by atoms with Gasteiger partial charge in [0.1, 0.15) is 6.04 Å². The molecule has 5 nitrogen and oxygen atoms in total. The Bertz CT molecular complexity index is 268. The van der Waals surface area contributed by atoms with Crippen LogP contribution in [0.4, 0.5) is 0 Å². The molecule has 112 valence electrons. The molecule has 0 aromatic carbocycles. The number of hydrogen-bond donors (Lipinski definition) is 0. The van der Waals surface area contributed by atoms with Gasteiger partial charge in [-0.25, -0.2) is 0 Å². The first-order valence-corrected chi connectivity index (χ1v) is 7.16. The van der Waals surface area contributed by atoms with Crippen LogP contribution >= 0.6 is 0 Å². The van der Waals surface area contributed by atoms with Gasteiger partial charge in [0.15, 0.2) is 0 Å². The van der Waals surface area contributed by atoms with E-state index in [0.717, 1.165) is 12.8 Å². The standard InChI is InChI=1S/C14H27NO4/c1-5-9-12(14(17)19-8-4)15(10-6-2)11-13(16)18-7-3/h12H,5-11H2,1-4H3. The molecule has 0 amide bonds. The fraction of sp³-hybridized carbons (Fsp3) is 0.857. The van der Waals surface area contributed by atoms with E-state index in [1.807, 2.05) is 18.7 Å². The Kier molecular flexibility index (Phi) is 10.2.